The number of esters is 1. The van der Waals surface area contributed by atoms with Gasteiger partial charge in [-0.3, -0.25) is 9.78 Å². The zero-order valence-electron chi connectivity index (χ0n) is 14.8. The van der Waals surface area contributed by atoms with Crippen LogP contribution in [-0.2, 0) is 9.53 Å². The van der Waals surface area contributed by atoms with E-state index in [-0.39, 0.29) is 12.5 Å². The van der Waals surface area contributed by atoms with Gasteiger partial charge in [-0.15, -0.1) is 0 Å². The van der Waals surface area contributed by atoms with E-state index in [9.17, 15) is 9.59 Å². The number of hydrogen-bond donors (Lipinski definition) is 2. The maximum absolute atomic E-state index is 12.7. The molecule has 1 saturated heterocycles. The molecule has 0 bridgehead atoms. The lowest BCUT2D eigenvalue weighted by atomic mass is 10.2. The van der Waals surface area contributed by atoms with Crippen LogP contribution in [0.15, 0.2) is 48.8 Å². The molecule has 0 unspecified atom stereocenters. The first kappa shape index (κ1) is 17.1. The molecule has 3 aromatic rings. The van der Waals surface area contributed by atoms with Crippen LogP contribution in [0, 0.1) is 0 Å². The van der Waals surface area contributed by atoms with E-state index in [2.05, 4.69) is 15.3 Å². The fraction of sp³-hybridized carbons (Fsp3) is 0.250. The molecular formula is C20H20N4O3. The average molecular weight is 364 g/mol. The molecule has 0 saturated carbocycles. The van der Waals surface area contributed by atoms with Crippen LogP contribution in [0.5, 0.6) is 0 Å². The van der Waals surface area contributed by atoms with Crippen molar-refractivity contribution in [2.24, 2.45) is 0 Å². The molecule has 3 heterocycles. The van der Waals surface area contributed by atoms with Gasteiger partial charge in [0.25, 0.3) is 5.91 Å². The number of rotatable bonds is 5. The molecule has 2 aromatic heterocycles. The first-order valence-corrected chi connectivity index (χ1v) is 8.95. The highest BCUT2D eigenvalue weighted by Crippen LogP contribution is 2.30. The highest BCUT2D eigenvalue weighted by molar-refractivity contribution is 6.07. The van der Waals surface area contributed by atoms with E-state index in [0.717, 1.165) is 42.5 Å². The van der Waals surface area contributed by atoms with E-state index in [1.165, 1.54) is 0 Å². The molecule has 0 radical (unpaired) electrons. The highest BCUT2D eigenvalue weighted by Gasteiger charge is 2.23. The number of aromatic amines is 1. The van der Waals surface area contributed by atoms with Gasteiger partial charge >= 0.3 is 5.97 Å². The third kappa shape index (κ3) is 3.62. The molecule has 1 fully saturated rings. The van der Waals surface area contributed by atoms with Gasteiger partial charge in [-0.1, -0.05) is 18.2 Å². The number of anilines is 2. The summed E-state index contributed by atoms with van der Waals surface area (Å²) in [5.41, 5.74) is 2.53. The topological polar surface area (TPSA) is 87.3 Å². The highest BCUT2D eigenvalue weighted by atomic mass is 16.5. The Bertz CT molecular complexity index is 962. The van der Waals surface area contributed by atoms with Gasteiger partial charge in [0.1, 0.15) is 5.69 Å². The minimum Gasteiger partial charge on any atom is -0.451 e. The molecule has 0 atom stereocenters. The number of carbonyl (C=O) groups is 2. The van der Waals surface area contributed by atoms with Crippen molar-refractivity contribution in [3.8, 4) is 0 Å². The SMILES string of the molecule is O=C(OCC(=O)N1CCCC1)c1[nH]c2ccccc2c1Nc1ccncc1. The van der Waals surface area contributed by atoms with Gasteiger partial charge in [0, 0.05) is 42.1 Å². The maximum Gasteiger partial charge on any atom is 0.357 e. The Balaban J connectivity index is 1.57. The molecule has 1 aromatic carbocycles. The second-order valence-corrected chi connectivity index (χ2v) is 6.45. The minimum atomic E-state index is -0.560. The first-order valence-electron chi connectivity index (χ1n) is 8.95. The standard InChI is InChI=1S/C20H20N4O3/c25-17(24-11-3-4-12-24)13-27-20(26)19-18(22-14-7-9-21-10-8-14)15-5-1-2-6-16(15)23-19/h1-2,5-10,23H,3-4,11-13H2,(H,21,22). The van der Waals surface area contributed by atoms with Gasteiger partial charge in [0.05, 0.1) is 5.69 Å². The summed E-state index contributed by atoms with van der Waals surface area (Å²) in [4.78, 5) is 33.6. The molecule has 138 valence electrons. The number of para-hydroxylation sites is 1. The molecule has 1 amide bonds. The van der Waals surface area contributed by atoms with Crippen molar-refractivity contribution in [2.75, 3.05) is 25.0 Å². The molecule has 7 nitrogen and oxygen atoms in total. The molecular weight excluding hydrogens is 344 g/mol. The Morgan fingerprint density at radius 2 is 1.85 bits per heavy atom. The molecule has 2 N–H and O–H groups in total. The number of carbonyl (C=O) groups excluding carboxylic acids is 2. The van der Waals surface area contributed by atoms with Crippen molar-refractivity contribution in [1.29, 1.82) is 0 Å². The number of likely N-dealkylation sites (tertiary alicyclic amines) is 1. The number of ether oxygens (including phenoxy) is 1. The van der Waals surface area contributed by atoms with E-state index >= 15 is 0 Å². The van der Waals surface area contributed by atoms with E-state index in [1.54, 1.807) is 17.3 Å². The zero-order chi connectivity index (χ0) is 18.6. The number of benzene rings is 1. The van der Waals surface area contributed by atoms with E-state index in [4.69, 9.17) is 4.74 Å². The first-order chi connectivity index (χ1) is 13.2. The van der Waals surface area contributed by atoms with Gasteiger partial charge in [-0.05, 0) is 31.0 Å². The Morgan fingerprint density at radius 1 is 1.11 bits per heavy atom. The summed E-state index contributed by atoms with van der Waals surface area (Å²) < 4.78 is 5.30. The molecule has 0 aliphatic carbocycles. The lowest BCUT2D eigenvalue weighted by molar-refractivity contribution is -0.133. The van der Waals surface area contributed by atoms with Crippen LogP contribution in [0.1, 0.15) is 23.3 Å². The van der Waals surface area contributed by atoms with E-state index in [0.29, 0.717) is 11.4 Å². The lowest BCUT2D eigenvalue weighted by Gasteiger charge is -2.15. The van der Waals surface area contributed by atoms with Gasteiger partial charge in [-0.2, -0.15) is 0 Å². The van der Waals surface area contributed by atoms with Crippen molar-refractivity contribution < 1.29 is 14.3 Å². The second-order valence-electron chi connectivity index (χ2n) is 6.45. The van der Waals surface area contributed by atoms with E-state index in [1.807, 2.05) is 36.4 Å². The average Bonchev–Trinajstić information content (AvgIpc) is 3.36. The Labute approximate surface area is 156 Å². The summed E-state index contributed by atoms with van der Waals surface area (Å²) in [7, 11) is 0. The number of pyridine rings is 1. The number of aromatic nitrogens is 2. The largest absolute Gasteiger partial charge is 0.451 e. The third-order valence-electron chi connectivity index (χ3n) is 4.65. The number of fused-ring (bicyclic) bond motifs is 1. The molecule has 1 aliphatic heterocycles. The Hall–Kier alpha value is -3.35. The zero-order valence-corrected chi connectivity index (χ0v) is 14.8. The van der Waals surface area contributed by atoms with Gasteiger partial charge in [0.15, 0.2) is 6.61 Å². The smallest absolute Gasteiger partial charge is 0.357 e. The van der Waals surface area contributed by atoms with Crippen LogP contribution in [0.25, 0.3) is 10.9 Å². The molecule has 0 spiro atoms. The maximum atomic E-state index is 12.7. The number of nitrogens with one attached hydrogen (secondary N) is 2. The molecule has 7 heteroatoms. The van der Waals surface area contributed by atoms with Crippen molar-refractivity contribution in [1.82, 2.24) is 14.9 Å². The summed E-state index contributed by atoms with van der Waals surface area (Å²) in [5.74, 6) is -0.712. The van der Waals surface area contributed by atoms with Crippen LogP contribution >= 0.6 is 0 Å². The number of amides is 1. The Morgan fingerprint density at radius 3 is 2.63 bits per heavy atom. The summed E-state index contributed by atoms with van der Waals surface area (Å²) in [6.07, 6.45) is 5.34. The fourth-order valence-electron chi connectivity index (χ4n) is 3.26. The van der Waals surface area contributed by atoms with Gasteiger partial charge in [0.2, 0.25) is 0 Å². The summed E-state index contributed by atoms with van der Waals surface area (Å²) in [5, 5.41) is 4.12. The Kier molecular flexibility index (Phi) is 4.74. The predicted molar refractivity (Wildman–Crippen MR) is 102 cm³/mol. The number of hydrogen-bond acceptors (Lipinski definition) is 5. The van der Waals surface area contributed by atoms with Crippen molar-refractivity contribution in [3.05, 3.63) is 54.5 Å². The summed E-state index contributed by atoms with van der Waals surface area (Å²) >= 11 is 0. The number of nitrogens with zero attached hydrogens (tertiary/aromatic N) is 2. The van der Waals surface area contributed by atoms with Crippen molar-refractivity contribution in [3.63, 3.8) is 0 Å². The number of H-pyrrole nitrogens is 1. The third-order valence-corrected chi connectivity index (χ3v) is 4.65. The lowest BCUT2D eigenvalue weighted by Crippen LogP contribution is -2.32. The van der Waals surface area contributed by atoms with Crippen LogP contribution in [0.2, 0.25) is 0 Å². The fourth-order valence-corrected chi connectivity index (χ4v) is 3.26. The van der Waals surface area contributed by atoms with E-state index < -0.39 is 5.97 Å². The van der Waals surface area contributed by atoms with Crippen molar-refractivity contribution >= 4 is 34.2 Å². The molecule has 1 aliphatic rings. The van der Waals surface area contributed by atoms with Crippen LogP contribution in [0.4, 0.5) is 11.4 Å². The van der Waals surface area contributed by atoms with Crippen molar-refractivity contribution in [2.45, 2.75) is 12.8 Å². The van der Waals surface area contributed by atoms with Gasteiger partial charge in [-0.25, -0.2) is 4.79 Å². The normalized spacial score (nSPS) is 13.7. The van der Waals surface area contributed by atoms with Crippen LogP contribution in [0.3, 0.4) is 0 Å². The quantitative estimate of drug-likeness (QED) is 0.680. The van der Waals surface area contributed by atoms with Gasteiger partial charge < -0.3 is 19.9 Å². The summed E-state index contributed by atoms with van der Waals surface area (Å²) in [6, 6.07) is 11.2. The summed E-state index contributed by atoms with van der Waals surface area (Å²) in [6.45, 7) is 1.22. The minimum absolute atomic E-state index is 0.152. The molecule has 4 rings (SSSR count). The monoisotopic (exact) mass is 364 g/mol. The molecule has 27 heavy (non-hydrogen) atoms. The second kappa shape index (κ2) is 7.49. The predicted octanol–water partition coefficient (Wildman–Crippen LogP) is 3.09. The van der Waals surface area contributed by atoms with Crippen LogP contribution < -0.4 is 5.32 Å². The van der Waals surface area contributed by atoms with Crippen LogP contribution in [-0.4, -0.2) is 46.4 Å².